The van der Waals surface area contributed by atoms with E-state index in [0.29, 0.717) is 5.02 Å². The lowest BCUT2D eigenvalue weighted by Gasteiger charge is -2.00. The molecular weight excluding hydrogens is 174 g/mol. The lowest BCUT2D eigenvalue weighted by atomic mass is 10.1. The number of aromatic hydroxyl groups is 1. The van der Waals surface area contributed by atoms with Crippen molar-refractivity contribution in [1.82, 2.24) is 4.98 Å². The monoisotopic (exact) mass is 179 g/mol. The van der Waals surface area contributed by atoms with Gasteiger partial charge in [-0.15, -0.1) is 0 Å². The largest absolute Gasteiger partial charge is 0.507 e. The minimum absolute atomic E-state index is 0.233. The molecule has 0 amide bonds. The summed E-state index contributed by atoms with van der Waals surface area (Å²) in [7, 11) is 0. The first-order chi connectivity index (χ1) is 5.79. The molecule has 0 fully saturated rings. The van der Waals surface area contributed by atoms with Crippen molar-refractivity contribution in [3.8, 4) is 5.75 Å². The lowest BCUT2D eigenvalue weighted by molar-refractivity contribution is 0.481. The maximum atomic E-state index is 9.41. The van der Waals surface area contributed by atoms with E-state index >= 15 is 0 Å². The Morgan fingerprint density at radius 3 is 2.75 bits per heavy atom. The van der Waals surface area contributed by atoms with Crippen LogP contribution in [0, 0.1) is 0 Å². The highest BCUT2D eigenvalue weighted by molar-refractivity contribution is 6.35. The Balaban J connectivity index is 2.95. The average molecular weight is 180 g/mol. The summed E-state index contributed by atoms with van der Waals surface area (Å²) in [6, 6.07) is 4.96. The zero-order valence-electron chi connectivity index (χ0n) is 6.16. The first-order valence-electron chi connectivity index (χ1n) is 3.50. The van der Waals surface area contributed by atoms with E-state index < -0.39 is 0 Å². The molecular formula is C9H6ClNO. The number of benzene rings is 1. The van der Waals surface area contributed by atoms with E-state index in [1.165, 1.54) is 0 Å². The van der Waals surface area contributed by atoms with Crippen LogP contribution in [0.4, 0.5) is 0 Å². The van der Waals surface area contributed by atoms with Gasteiger partial charge in [-0.25, -0.2) is 0 Å². The van der Waals surface area contributed by atoms with E-state index in [-0.39, 0.29) is 5.75 Å². The third-order valence-electron chi connectivity index (χ3n) is 1.74. The number of hydrogen-bond acceptors (Lipinski definition) is 2. The maximum absolute atomic E-state index is 9.41. The molecule has 0 aliphatic heterocycles. The van der Waals surface area contributed by atoms with Gasteiger partial charge in [0.05, 0.1) is 5.02 Å². The zero-order chi connectivity index (χ0) is 8.55. The Morgan fingerprint density at radius 1 is 1.17 bits per heavy atom. The van der Waals surface area contributed by atoms with E-state index in [9.17, 15) is 5.11 Å². The van der Waals surface area contributed by atoms with E-state index in [2.05, 4.69) is 4.98 Å². The fourth-order valence-corrected chi connectivity index (χ4v) is 1.35. The average Bonchev–Trinajstić information content (AvgIpc) is 2.12. The Kier molecular flexibility index (Phi) is 1.62. The highest BCUT2D eigenvalue weighted by Gasteiger charge is 2.01. The molecule has 1 heterocycles. The van der Waals surface area contributed by atoms with Gasteiger partial charge >= 0.3 is 0 Å². The number of phenols is 1. The van der Waals surface area contributed by atoms with Gasteiger partial charge < -0.3 is 5.11 Å². The zero-order valence-corrected chi connectivity index (χ0v) is 6.92. The Bertz CT molecular complexity index is 387. The van der Waals surface area contributed by atoms with Gasteiger partial charge in [0.2, 0.25) is 0 Å². The van der Waals surface area contributed by atoms with Crippen molar-refractivity contribution in [2.75, 3.05) is 0 Å². The van der Waals surface area contributed by atoms with Gasteiger partial charge in [-0.3, -0.25) is 4.98 Å². The molecule has 1 aromatic heterocycles. The topological polar surface area (TPSA) is 33.1 Å². The molecule has 2 nitrogen and oxygen atoms in total. The lowest BCUT2D eigenvalue weighted by Crippen LogP contribution is -1.77. The molecule has 0 radical (unpaired) electrons. The first kappa shape index (κ1) is 7.37. The fraction of sp³-hybridized carbons (Fsp3) is 0. The summed E-state index contributed by atoms with van der Waals surface area (Å²) < 4.78 is 0. The molecule has 0 bridgehead atoms. The minimum Gasteiger partial charge on any atom is -0.507 e. The smallest absolute Gasteiger partial charge is 0.123 e. The van der Waals surface area contributed by atoms with Gasteiger partial charge in [-0.2, -0.15) is 0 Å². The van der Waals surface area contributed by atoms with Gasteiger partial charge in [0.25, 0.3) is 0 Å². The Hall–Kier alpha value is -1.28. The van der Waals surface area contributed by atoms with Crippen molar-refractivity contribution in [2.24, 2.45) is 0 Å². The van der Waals surface area contributed by atoms with Crippen molar-refractivity contribution < 1.29 is 5.11 Å². The normalized spacial score (nSPS) is 10.4. The maximum Gasteiger partial charge on any atom is 0.123 e. The van der Waals surface area contributed by atoms with Gasteiger partial charge in [0.1, 0.15) is 5.75 Å². The molecule has 0 spiro atoms. The van der Waals surface area contributed by atoms with Crippen molar-refractivity contribution in [1.29, 1.82) is 0 Å². The van der Waals surface area contributed by atoms with Gasteiger partial charge in [-0.1, -0.05) is 11.6 Å². The summed E-state index contributed by atoms with van der Waals surface area (Å²) >= 11 is 5.88. The first-order valence-corrected chi connectivity index (χ1v) is 3.88. The summed E-state index contributed by atoms with van der Waals surface area (Å²) in [5, 5.41) is 11.5. The number of aromatic nitrogens is 1. The molecule has 0 saturated heterocycles. The number of hydrogen-bond donors (Lipinski definition) is 1. The number of pyridine rings is 1. The summed E-state index contributed by atoms with van der Waals surface area (Å²) in [5.41, 5.74) is 0. The van der Waals surface area contributed by atoms with Gasteiger partial charge in [0.15, 0.2) is 0 Å². The molecule has 60 valence electrons. The Labute approximate surface area is 74.4 Å². The molecule has 3 heteroatoms. The van der Waals surface area contributed by atoms with Crippen LogP contribution in [0.3, 0.4) is 0 Å². The molecule has 12 heavy (non-hydrogen) atoms. The van der Waals surface area contributed by atoms with Crippen LogP contribution >= 0.6 is 11.6 Å². The summed E-state index contributed by atoms with van der Waals surface area (Å²) in [4.78, 5) is 3.92. The second-order valence-electron chi connectivity index (χ2n) is 2.49. The third-order valence-corrected chi connectivity index (χ3v) is 2.07. The van der Waals surface area contributed by atoms with Crippen molar-refractivity contribution in [2.45, 2.75) is 0 Å². The second-order valence-corrected chi connectivity index (χ2v) is 2.89. The predicted octanol–water partition coefficient (Wildman–Crippen LogP) is 2.59. The molecule has 0 saturated carbocycles. The summed E-state index contributed by atoms with van der Waals surface area (Å²) in [6.45, 7) is 0. The standard InChI is InChI=1S/C9H6ClNO/c10-8-1-2-9(12)6-3-4-11-5-7(6)8/h1-5,12H. The molecule has 0 aliphatic carbocycles. The molecule has 1 aromatic carbocycles. The highest BCUT2D eigenvalue weighted by atomic mass is 35.5. The molecule has 1 N–H and O–H groups in total. The van der Waals surface area contributed by atoms with Gasteiger partial charge in [-0.05, 0) is 18.2 Å². The number of fused-ring (bicyclic) bond motifs is 1. The quantitative estimate of drug-likeness (QED) is 0.675. The molecule has 0 atom stereocenters. The highest BCUT2D eigenvalue weighted by Crippen LogP contribution is 2.29. The van der Waals surface area contributed by atoms with Crippen LogP contribution in [0.15, 0.2) is 30.6 Å². The second kappa shape index (κ2) is 2.64. The van der Waals surface area contributed by atoms with Crippen LogP contribution in [0.1, 0.15) is 0 Å². The van der Waals surface area contributed by atoms with E-state index in [0.717, 1.165) is 10.8 Å². The van der Waals surface area contributed by atoms with E-state index in [1.54, 1.807) is 30.6 Å². The Morgan fingerprint density at radius 2 is 2.00 bits per heavy atom. The number of nitrogens with zero attached hydrogens (tertiary/aromatic N) is 1. The minimum atomic E-state index is 0.233. The van der Waals surface area contributed by atoms with Crippen molar-refractivity contribution >= 4 is 22.4 Å². The predicted molar refractivity (Wildman–Crippen MR) is 48.4 cm³/mol. The van der Waals surface area contributed by atoms with Crippen LogP contribution in [-0.2, 0) is 0 Å². The van der Waals surface area contributed by atoms with E-state index in [4.69, 9.17) is 11.6 Å². The molecule has 0 aliphatic rings. The fourth-order valence-electron chi connectivity index (χ4n) is 1.14. The SMILES string of the molecule is Oc1ccc(Cl)c2cnccc12. The number of halogens is 1. The van der Waals surface area contributed by atoms with Crippen LogP contribution < -0.4 is 0 Å². The number of phenolic OH excluding ortho intramolecular Hbond substituents is 1. The van der Waals surface area contributed by atoms with Crippen LogP contribution in [-0.4, -0.2) is 10.1 Å². The molecule has 2 aromatic rings. The summed E-state index contributed by atoms with van der Waals surface area (Å²) in [5.74, 6) is 0.233. The summed E-state index contributed by atoms with van der Waals surface area (Å²) in [6.07, 6.45) is 3.26. The van der Waals surface area contributed by atoms with Crippen molar-refractivity contribution in [3.63, 3.8) is 0 Å². The molecule has 2 rings (SSSR count). The van der Waals surface area contributed by atoms with E-state index in [1.807, 2.05) is 0 Å². The third kappa shape index (κ3) is 1.01. The van der Waals surface area contributed by atoms with Crippen LogP contribution in [0.25, 0.3) is 10.8 Å². The number of rotatable bonds is 0. The van der Waals surface area contributed by atoms with Crippen LogP contribution in [0.2, 0.25) is 5.02 Å². The van der Waals surface area contributed by atoms with Gasteiger partial charge in [0, 0.05) is 23.2 Å². The van der Waals surface area contributed by atoms with Crippen LogP contribution in [0.5, 0.6) is 5.75 Å². The molecule has 0 unspecified atom stereocenters. The van der Waals surface area contributed by atoms with Crippen molar-refractivity contribution in [3.05, 3.63) is 35.6 Å².